The first-order valence-electron chi connectivity index (χ1n) is 6.36. The lowest BCUT2D eigenvalue weighted by Crippen LogP contribution is -2.39. The summed E-state index contributed by atoms with van der Waals surface area (Å²) in [7, 11) is 0. The van der Waals surface area contributed by atoms with Crippen molar-refractivity contribution in [2.24, 2.45) is 0 Å². The van der Waals surface area contributed by atoms with E-state index in [0.29, 0.717) is 23.2 Å². The Bertz CT molecular complexity index is 484. The average Bonchev–Trinajstić information content (AvgIpc) is 2.92. The third-order valence-electron chi connectivity index (χ3n) is 3.40. The lowest BCUT2D eigenvalue weighted by Gasteiger charge is -2.27. The molecule has 0 atom stereocenters. The van der Waals surface area contributed by atoms with Gasteiger partial charge in [0, 0.05) is 18.8 Å². The molecule has 0 radical (unpaired) electrons. The Labute approximate surface area is 123 Å². The zero-order chi connectivity index (χ0) is 13.8. The molecule has 0 aromatic carbocycles. The second-order valence-corrected chi connectivity index (χ2v) is 5.45. The molecule has 102 valence electrons. The Hall–Kier alpha value is -1.06. The summed E-state index contributed by atoms with van der Waals surface area (Å²) in [5, 5.41) is 0.520. The summed E-state index contributed by atoms with van der Waals surface area (Å²) in [5.41, 5.74) is 0.475. The van der Waals surface area contributed by atoms with Gasteiger partial charge in [0.2, 0.25) is 0 Å². The second-order valence-electron chi connectivity index (χ2n) is 4.68. The first-order valence-corrected chi connectivity index (χ1v) is 7.12. The van der Waals surface area contributed by atoms with Gasteiger partial charge in [0.15, 0.2) is 0 Å². The molecule has 0 bridgehead atoms. The molecule has 3 nitrogen and oxygen atoms in total. The fourth-order valence-electron chi connectivity index (χ4n) is 2.46. The van der Waals surface area contributed by atoms with Crippen molar-refractivity contribution in [2.45, 2.75) is 31.7 Å². The lowest BCUT2D eigenvalue weighted by atomic mass is 10.1. The van der Waals surface area contributed by atoms with Crippen LogP contribution in [0.3, 0.4) is 0 Å². The number of pyridine rings is 1. The molecule has 0 unspecified atom stereocenters. The first kappa shape index (κ1) is 14.4. The van der Waals surface area contributed by atoms with Crippen LogP contribution in [0.1, 0.15) is 36.0 Å². The maximum atomic E-state index is 12.5. The number of amides is 1. The van der Waals surface area contributed by atoms with Gasteiger partial charge in [0.05, 0.1) is 10.6 Å². The van der Waals surface area contributed by atoms with Crippen molar-refractivity contribution in [3.63, 3.8) is 0 Å². The van der Waals surface area contributed by atoms with Crippen molar-refractivity contribution in [1.82, 2.24) is 9.88 Å². The predicted molar refractivity (Wildman–Crippen MR) is 77.7 cm³/mol. The van der Waals surface area contributed by atoms with Crippen LogP contribution in [0.5, 0.6) is 0 Å². The number of aromatic nitrogens is 1. The van der Waals surface area contributed by atoms with E-state index < -0.39 is 0 Å². The van der Waals surface area contributed by atoms with Crippen LogP contribution in [0.15, 0.2) is 24.9 Å². The van der Waals surface area contributed by atoms with Gasteiger partial charge < -0.3 is 4.90 Å². The Morgan fingerprint density at radius 1 is 1.47 bits per heavy atom. The smallest absolute Gasteiger partial charge is 0.256 e. The van der Waals surface area contributed by atoms with E-state index in [0.717, 1.165) is 12.8 Å². The van der Waals surface area contributed by atoms with Gasteiger partial charge >= 0.3 is 0 Å². The quantitative estimate of drug-likeness (QED) is 0.623. The van der Waals surface area contributed by atoms with Crippen molar-refractivity contribution in [3.8, 4) is 0 Å². The highest BCUT2D eigenvalue weighted by molar-refractivity contribution is 6.41. The van der Waals surface area contributed by atoms with Crippen LogP contribution in [0, 0.1) is 0 Å². The molecule has 1 amide bonds. The zero-order valence-corrected chi connectivity index (χ0v) is 12.1. The molecular formula is C14H16Cl2N2O. The summed E-state index contributed by atoms with van der Waals surface area (Å²) in [4.78, 5) is 18.3. The molecule has 0 saturated heterocycles. The Balaban J connectivity index is 2.22. The van der Waals surface area contributed by atoms with E-state index in [-0.39, 0.29) is 11.1 Å². The first-order chi connectivity index (χ1) is 9.13. The molecule has 2 rings (SSSR count). The number of rotatable bonds is 4. The number of carbonyl (C=O) groups is 1. The van der Waals surface area contributed by atoms with E-state index in [2.05, 4.69) is 11.6 Å². The minimum Gasteiger partial charge on any atom is -0.332 e. The van der Waals surface area contributed by atoms with E-state index in [9.17, 15) is 4.79 Å². The maximum absolute atomic E-state index is 12.5. The van der Waals surface area contributed by atoms with Crippen molar-refractivity contribution in [3.05, 3.63) is 40.7 Å². The molecule has 0 aliphatic heterocycles. The average molecular weight is 299 g/mol. The number of nitrogens with zero attached hydrogens (tertiary/aromatic N) is 2. The Kier molecular flexibility index (Phi) is 4.83. The Morgan fingerprint density at radius 2 is 2.16 bits per heavy atom. The fraction of sp³-hybridized carbons (Fsp3) is 0.429. The summed E-state index contributed by atoms with van der Waals surface area (Å²) < 4.78 is 0. The number of hydrogen-bond donors (Lipinski definition) is 0. The van der Waals surface area contributed by atoms with Crippen molar-refractivity contribution in [2.75, 3.05) is 6.54 Å². The maximum Gasteiger partial charge on any atom is 0.256 e. The standard InChI is InChI=1S/C14H16Cl2N2O/c1-2-7-18(11-5-3-4-6-11)14(19)10-8-12(15)13(16)17-9-10/h2,8-9,11H,1,3-7H2. The monoisotopic (exact) mass is 298 g/mol. The highest BCUT2D eigenvalue weighted by atomic mass is 35.5. The van der Waals surface area contributed by atoms with E-state index in [1.54, 1.807) is 12.1 Å². The molecule has 1 fully saturated rings. The van der Waals surface area contributed by atoms with Gasteiger partial charge in [-0.05, 0) is 18.9 Å². The molecule has 1 aliphatic carbocycles. The summed E-state index contributed by atoms with van der Waals surface area (Å²) in [6, 6.07) is 1.87. The van der Waals surface area contributed by atoms with E-state index in [4.69, 9.17) is 23.2 Å². The van der Waals surface area contributed by atoms with Gasteiger partial charge in [-0.1, -0.05) is 42.1 Å². The highest BCUT2D eigenvalue weighted by Gasteiger charge is 2.26. The summed E-state index contributed by atoms with van der Waals surface area (Å²) in [6.07, 6.45) is 7.67. The van der Waals surface area contributed by atoms with Crippen molar-refractivity contribution < 1.29 is 4.79 Å². The van der Waals surface area contributed by atoms with Gasteiger partial charge in [-0.15, -0.1) is 6.58 Å². The zero-order valence-electron chi connectivity index (χ0n) is 10.6. The number of hydrogen-bond acceptors (Lipinski definition) is 2. The van der Waals surface area contributed by atoms with Crippen LogP contribution in [-0.2, 0) is 0 Å². The van der Waals surface area contributed by atoms with Gasteiger partial charge in [-0.3, -0.25) is 4.79 Å². The third kappa shape index (κ3) is 3.28. The third-order valence-corrected chi connectivity index (χ3v) is 4.08. The summed E-state index contributed by atoms with van der Waals surface area (Å²) in [5.74, 6) is -0.0575. The van der Waals surface area contributed by atoms with Gasteiger partial charge in [0.25, 0.3) is 5.91 Å². The molecule has 1 aromatic rings. The van der Waals surface area contributed by atoms with E-state index >= 15 is 0 Å². The van der Waals surface area contributed by atoms with Crippen LogP contribution in [0.4, 0.5) is 0 Å². The molecule has 0 spiro atoms. The van der Waals surface area contributed by atoms with Crippen LogP contribution in [0.25, 0.3) is 0 Å². The van der Waals surface area contributed by atoms with Crippen LogP contribution in [-0.4, -0.2) is 28.4 Å². The summed E-state index contributed by atoms with van der Waals surface area (Å²) in [6.45, 7) is 4.27. The summed E-state index contributed by atoms with van der Waals surface area (Å²) >= 11 is 11.7. The van der Waals surface area contributed by atoms with Crippen molar-refractivity contribution in [1.29, 1.82) is 0 Å². The molecule has 1 aliphatic rings. The molecule has 0 N–H and O–H groups in total. The predicted octanol–water partition coefficient (Wildman–Crippen LogP) is 3.96. The van der Waals surface area contributed by atoms with Crippen LogP contribution >= 0.6 is 23.2 Å². The normalized spacial score (nSPS) is 15.5. The minimum atomic E-state index is -0.0575. The Morgan fingerprint density at radius 3 is 2.74 bits per heavy atom. The molecule has 19 heavy (non-hydrogen) atoms. The topological polar surface area (TPSA) is 33.2 Å². The lowest BCUT2D eigenvalue weighted by molar-refractivity contribution is 0.0706. The SMILES string of the molecule is C=CCN(C(=O)c1cnc(Cl)c(Cl)c1)C1CCCC1. The van der Waals surface area contributed by atoms with Crippen LogP contribution < -0.4 is 0 Å². The highest BCUT2D eigenvalue weighted by Crippen LogP contribution is 2.26. The fourth-order valence-corrected chi connectivity index (χ4v) is 2.73. The minimum absolute atomic E-state index is 0.0575. The number of carbonyl (C=O) groups excluding carboxylic acids is 1. The van der Waals surface area contributed by atoms with Gasteiger partial charge in [0.1, 0.15) is 5.15 Å². The molecule has 5 heteroatoms. The second kappa shape index (κ2) is 6.40. The largest absolute Gasteiger partial charge is 0.332 e. The van der Waals surface area contributed by atoms with Crippen LogP contribution in [0.2, 0.25) is 10.2 Å². The number of halogens is 2. The van der Waals surface area contributed by atoms with E-state index in [1.807, 2.05) is 4.90 Å². The molecule has 1 aromatic heterocycles. The molecular weight excluding hydrogens is 283 g/mol. The van der Waals surface area contributed by atoms with E-state index in [1.165, 1.54) is 19.0 Å². The van der Waals surface area contributed by atoms with Gasteiger partial charge in [-0.25, -0.2) is 4.98 Å². The van der Waals surface area contributed by atoms with Gasteiger partial charge in [-0.2, -0.15) is 0 Å². The molecule has 1 heterocycles. The molecule has 1 saturated carbocycles. The van der Waals surface area contributed by atoms with Crippen molar-refractivity contribution >= 4 is 29.1 Å².